The van der Waals surface area contributed by atoms with Gasteiger partial charge in [-0.2, -0.15) is 0 Å². The Morgan fingerprint density at radius 2 is 1.77 bits per heavy atom. The number of carbonyl (C=O) groups excluding carboxylic acids is 1. The second-order valence-electron chi connectivity index (χ2n) is 10.1. The van der Waals surface area contributed by atoms with Crippen LogP contribution in [0, 0.1) is 5.41 Å². The molecule has 5 nitrogen and oxygen atoms in total. The van der Waals surface area contributed by atoms with E-state index in [2.05, 4.69) is 47.0 Å². The predicted octanol–water partition coefficient (Wildman–Crippen LogP) is 5.49. The van der Waals surface area contributed by atoms with Crippen molar-refractivity contribution in [3.05, 3.63) is 72.4 Å². The van der Waals surface area contributed by atoms with Crippen LogP contribution in [-0.4, -0.2) is 49.0 Å². The molecule has 0 aliphatic carbocycles. The third-order valence-electron chi connectivity index (χ3n) is 6.37. The first-order chi connectivity index (χ1) is 16.4. The van der Waals surface area contributed by atoms with E-state index in [1.165, 1.54) is 12.2 Å². The normalized spacial score (nSPS) is 36.5. The summed E-state index contributed by atoms with van der Waals surface area (Å²) in [5.41, 5.74) is -0.752. The summed E-state index contributed by atoms with van der Waals surface area (Å²) in [6.07, 6.45) is 21.5. The lowest BCUT2D eigenvalue weighted by molar-refractivity contribution is -0.117. The van der Waals surface area contributed by atoms with E-state index >= 15 is 0 Å². The molecule has 1 aliphatic rings. The van der Waals surface area contributed by atoms with Crippen molar-refractivity contribution < 1.29 is 20.1 Å². The molecule has 0 aromatic rings. The minimum atomic E-state index is -1.06. The number of halogens is 1. The maximum absolute atomic E-state index is 12.6. The first-order valence-electron chi connectivity index (χ1n) is 12.4. The van der Waals surface area contributed by atoms with E-state index in [1.54, 1.807) is 36.5 Å². The number of rotatable bonds is 4. The number of alkyl halides is 1. The fourth-order valence-corrected chi connectivity index (χ4v) is 5.11. The molecule has 0 saturated heterocycles. The van der Waals surface area contributed by atoms with Crippen molar-refractivity contribution in [2.24, 2.45) is 5.41 Å². The largest absolute Gasteiger partial charge is 0.389 e. The topological polar surface area (TPSA) is 89.8 Å². The number of amides is 1. The van der Waals surface area contributed by atoms with Crippen molar-refractivity contribution in [3.8, 4) is 0 Å². The lowest BCUT2D eigenvalue weighted by Gasteiger charge is -2.40. The monoisotopic (exact) mass is 597 g/mol. The molecule has 0 aromatic heterocycles. The van der Waals surface area contributed by atoms with Crippen LogP contribution >= 0.6 is 22.6 Å². The summed E-state index contributed by atoms with van der Waals surface area (Å²) in [6.45, 7) is 9.76. The quantitative estimate of drug-likeness (QED) is 0.196. The average Bonchev–Trinajstić information content (AvgIpc) is 2.75. The van der Waals surface area contributed by atoms with Crippen LogP contribution in [0.3, 0.4) is 0 Å². The van der Waals surface area contributed by atoms with Crippen LogP contribution in [0.1, 0.15) is 66.7 Å². The Labute approximate surface area is 225 Å². The van der Waals surface area contributed by atoms with Gasteiger partial charge in [0.1, 0.15) is 12.2 Å². The predicted molar refractivity (Wildman–Crippen MR) is 154 cm³/mol. The molecule has 0 bridgehead atoms. The van der Waals surface area contributed by atoms with Crippen LogP contribution in [0.5, 0.6) is 0 Å². The van der Waals surface area contributed by atoms with E-state index < -0.39 is 23.2 Å². The summed E-state index contributed by atoms with van der Waals surface area (Å²) >= 11 is 2.37. The highest BCUT2D eigenvalue weighted by molar-refractivity contribution is 14.1. The Bertz CT molecular complexity index is 836. The zero-order valence-electron chi connectivity index (χ0n) is 21.8. The van der Waals surface area contributed by atoms with E-state index in [4.69, 9.17) is 0 Å². The fraction of sp³-hybridized carbons (Fsp3) is 0.552. The molecule has 196 valence electrons. The summed E-state index contributed by atoms with van der Waals surface area (Å²) in [4.78, 5) is 12.6. The zero-order chi connectivity index (χ0) is 26.5. The molecule has 6 heteroatoms. The fourth-order valence-electron chi connectivity index (χ4n) is 3.64. The Morgan fingerprint density at radius 1 is 1.09 bits per heavy atom. The van der Waals surface area contributed by atoms with Gasteiger partial charge in [0, 0.05) is 21.5 Å². The lowest BCUT2D eigenvalue weighted by Crippen LogP contribution is -2.44. The molecular formula is C29H44INO4. The molecule has 4 N–H and O–H groups in total. The molecule has 35 heavy (non-hydrogen) atoms. The molecular weight excluding hydrogens is 553 g/mol. The number of unbranched alkanes of at least 4 members (excludes halogenated alkanes) is 1. The summed E-state index contributed by atoms with van der Waals surface area (Å²) < 4.78 is 0.148. The van der Waals surface area contributed by atoms with Gasteiger partial charge in [0.15, 0.2) is 0 Å². The van der Waals surface area contributed by atoms with Crippen LogP contribution < -0.4 is 5.32 Å². The first-order valence-corrected chi connectivity index (χ1v) is 13.7. The molecule has 5 unspecified atom stereocenters. The van der Waals surface area contributed by atoms with E-state index in [9.17, 15) is 20.1 Å². The maximum Gasteiger partial charge on any atom is 0.244 e. The Balaban J connectivity index is 3.22. The van der Waals surface area contributed by atoms with Gasteiger partial charge < -0.3 is 20.6 Å². The second-order valence-corrected chi connectivity index (χ2v) is 11.8. The van der Waals surface area contributed by atoms with Gasteiger partial charge in [-0.05, 0) is 39.5 Å². The number of aliphatic hydroxyl groups is 3. The van der Waals surface area contributed by atoms with E-state index in [1.807, 2.05) is 33.8 Å². The molecule has 1 heterocycles. The van der Waals surface area contributed by atoms with Gasteiger partial charge in [0.05, 0.1) is 5.60 Å². The summed E-state index contributed by atoms with van der Waals surface area (Å²) in [7, 11) is 0. The Morgan fingerprint density at radius 3 is 2.46 bits per heavy atom. The third-order valence-corrected chi connectivity index (χ3v) is 7.32. The molecule has 0 aromatic carbocycles. The van der Waals surface area contributed by atoms with Crippen LogP contribution in [0.4, 0.5) is 0 Å². The summed E-state index contributed by atoms with van der Waals surface area (Å²) in [5.74, 6) is -0.168. The second kappa shape index (κ2) is 15.6. The van der Waals surface area contributed by atoms with E-state index in [0.717, 1.165) is 31.3 Å². The minimum absolute atomic E-state index is 0.0348. The van der Waals surface area contributed by atoms with Gasteiger partial charge in [-0.1, -0.05) is 116 Å². The molecule has 0 radical (unpaired) electrons. The van der Waals surface area contributed by atoms with Crippen LogP contribution in [-0.2, 0) is 4.79 Å². The van der Waals surface area contributed by atoms with Gasteiger partial charge in [-0.15, -0.1) is 0 Å². The van der Waals surface area contributed by atoms with Crippen LogP contribution in [0.2, 0.25) is 0 Å². The highest BCUT2D eigenvalue weighted by atomic mass is 127. The number of allylic oxidation sites excluding steroid dienone is 7. The Hall–Kier alpha value is -1.48. The number of hydrogen-bond donors (Lipinski definition) is 4. The standard InChI is InChI=1S/C29H44INO4/c1-6-7-8-9-15-24-20-23(30)21-29(5,35)28(3,4)18-13-12-16-25(32)26(33)19-22(2)14-10-11-17-27(34)31-24/h8-14,16-19,23-26,32-33,35H,6-7,15,20-21H2,1-5H3,(H,31,34)/b9-8+,14-10+,16-12-,17-11+,18-13+,22-19-. The number of carbonyl (C=O) groups is 1. The van der Waals surface area contributed by atoms with Gasteiger partial charge in [0.2, 0.25) is 5.91 Å². The van der Waals surface area contributed by atoms with Crippen LogP contribution in [0.15, 0.2) is 72.4 Å². The molecule has 1 amide bonds. The molecule has 0 fully saturated rings. The van der Waals surface area contributed by atoms with Gasteiger partial charge in [-0.25, -0.2) is 0 Å². The first kappa shape index (κ1) is 31.5. The van der Waals surface area contributed by atoms with Gasteiger partial charge in [-0.3, -0.25) is 4.79 Å². The molecule has 0 saturated carbocycles. The summed E-state index contributed by atoms with van der Waals surface area (Å²) in [5, 5.41) is 34.9. The maximum atomic E-state index is 12.6. The molecule has 1 rings (SSSR count). The zero-order valence-corrected chi connectivity index (χ0v) is 24.0. The highest BCUT2D eigenvalue weighted by Crippen LogP contribution is 2.38. The molecule has 0 spiro atoms. The van der Waals surface area contributed by atoms with Crippen molar-refractivity contribution in [1.82, 2.24) is 5.32 Å². The SMILES string of the molecule is CCC/C=C/CC1CC(I)CC(C)(O)C(C)(C)/C=C/C=C\C(O)C(O)\C=C(C)/C=C/C=C/C(=O)N1. The van der Waals surface area contributed by atoms with E-state index in [0.29, 0.717) is 6.42 Å². The van der Waals surface area contributed by atoms with Gasteiger partial charge in [0.25, 0.3) is 0 Å². The van der Waals surface area contributed by atoms with Gasteiger partial charge >= 0.3 is 0 Å². The number of hydrogen-bond acceptors (Lipinski definition) is 4. The molecule has 1 aliphatic heterocycles. The van der Waals surface area contributed by atoms with E-state index in [-0.39, 0.29) is 15.9 Å². The lowest BCUT2D eigenvalue weighted by atomic mass is 9.73. The minimum Gasteiger partial charge on any atom is -0.389 e. The van der Waals surface area contributed by atoms with Crippen molar-refractivity contribution >= 4 is 28.5 Å². The Kier molecular flexibility index (Phi) is 14.1. The summed E-state index contributed by atoms with van der Waals surface area (Å²) in [6, 6.07) is -0.0348. The van der Waals surface area contributed by atoms with Crippen molar-refractivity contribution in [2.45, 2.75) is 94.5 Å². The number of aliphatic hydroxyl groups excluding tert-OH is 2. The van der Waals surface area contributed by atoms with Crippen molar-refractivity contribution in [3.63, 3.8) is 0 Å². The average molecular weight is 598 g/mol. The van der Waals surface area contributed by atoms with Crippen molar-refractivity contribution in [2.75, 3.05) is 0 Å². The smallest absolute Gasteiger partial charge is 0.244 e. The molecule has 5 atom stereocenters. The number of nitrogens with one attached hydrogen (secondary N) is 1. The van der Waals surface area contributed by atoms with Crippen LogP contribution in [0.25, 0.3) is 0 Å². The highest BCUT2D eigenvalue weighted by Gasteiger charge is 2.39. The third kappa shape index (κ3) is 12.4. The van der Waals surface area contributed by atoms with Crippen molar-refractivity contribution in [1.29, 1.82) is 0 Å².